The van der Waals surface area contributed by atoms with Crippen LogP contribution in [-0.4, -0.2) is 50.0 Å². The highest BCUT2D eigenvalue weighted by molar-refractivity contribution is 5.76. The minimum atomic E-state index is -0.265. The highest BCUT2D eigenvalue weighted by Crippen LogP contribution is 2.32. The van der Waals surface area contributed by atoms with E-state index in [4.69, 9.17) is 4.74 Å². The molecule has 29 heavy (non-hydrogen) atoms. The molecule has 2 aromatic rings. The molecule has 0 bridgehead atoms. The first-order chi connectivity index (χ1) is 14.2. The third kappa shape index (κ3) is 4.19. The molecule has 1 aliphatic heterocycles. The lowest BCUT2D eigenvalue weighted by atomic mass is 10.2. The number of aromatic nitrogens is 4. The fraction of sp³-hybridized carbons (Fsp3) is 0.524. The number of carbonyl (C=O) groups is 1. The average molecular weight is 393 g/mol. The van der Waals surface area contributed by atoms with E-state index in [-0.39, 0.29) is 24.1 Å². The van der Waals surface area contributed by atoms with E-state index < -0.39 is 0 Å². The van der Waals surface area contributed by atoms with Crippen LogP contribution in [-0.2, 0) is 11.3 Å². The zero-order valence-corrected chi connectivity index (χ0v) is 16.2. The highest BCUT2D eigenvalue weighted by atomic mass is 16.5. The van der Waals surface area contributed by atoms with Crippen LogP contribution >= 0.6 is 0 Å². The molecule has 3 fully saturated rings. The summed E-state index contributed by atoms with van der Waals surface area (Å²) < 4.78 is 7.52. The summed E-state index contributed by atoms with van der Waals surface area (Å²) >= 11 is 0. The fourth-order valence-corrected chi connectivity index (χ4v) is 3.36. The van der Waals surface area contributed by atoms with Crippen LogP contribution in [0.15, 0.2) is 17.1 Å². The number of hydrogen-bond acceptors (Lipinski definition) is 5. The maximum absolute atomic E-state index is 12.5. The molecule has 8 nitrogen and oxygen atoms in total. The molecule has 2 aromatic heterocycles. The van der Waals surface area contributed by atoms with E-state index in [1.54, 1.807) is 12.3 Å². The van der Waals surface area contributed by atoms with Crippen LogP contribution in [0.4, 0.5) is 0 Å². The second-order valence-corrected chi connectivity index (χ2v) is 8.00. The lowest BCUT2D eigenvalue weighted by Crippen LogP contribution is -2.31. The molecule has 0 unspecified atom stereocenters. The number of likely N-dealkylation sites (tertiary alicyclic amines) is 1. The van der Waals surface area contributed by atoms with Gasteiger partial charge in [0.05, 0.1) is 17.9 Å². The normalized spacial score (nSPS) is 18.4. The Morgan fingerprint density at radius 1 is 1.24 bits per heavy atom. The molecule has 1 amide bonds. The number of pyridine rings is 1. The molecule has 2 saturated carbocycles. The van der Waals surface area contributed by atoms with Crippen molar-refractivity contribution in [1.82, 2.24) is 24.9 Å². The van der Waals surface area contributed by atoms with Gasteiger partial charge in [0, 0.05) is 25.1 Å². The summed E-state index contributed by atoms with van der Waals surface area (Å²) in [7, 11) is 0. The number of rotatable bonds is 5. The number of amides is 1. The van der Waals surface area contributed by atoms with E-state index in [1.165, 1.54) is 4.68 Å². The molecule has 0 aromatic carbocycles. The zero-order chi connectivity index (χ0) is 19.8. The van der Waals surface area contributed by atoms with Crippen LogP contribution in [0.25, 0.3) is 11.4 Å². The first kappa shape index (κ1) is 18.0. The van der Waals surface area contributed by atoms with Gasteiger partial charge in [-0.25, -0.2) is 4.68 Å². The van der Waals surface area contributed by atoms with E-state index in [0.717, 1.165) is 51.6 Å². The van der Waals surface area contributed by atoms with Crippen LogP contribution in [0.3, 0.4) is 0 Å². The number of hydrogen-bond donors (Lipinski definition) is 1. The van der Waals surface area contributed by atoms with Crippen LogP contribution < -0.4 is 10.3 Å². The molecule has 3 aliphatic rings. The Kier molecular flexibility index (Phi) is 4.58. The van der Waals surface area contributed by atoms with Gasteiger partial charge in [0.1, 0.15) is 23.7 Å². The third-order valence-electron chi connectivity index (χ3n) is 5.36. The number of nitrogens with zero attached hydrogens (tertiary/aromatic N) is 4. The summed E-state index contributed by atoms with van der Waals surface area (Å²) in [4.78, 5) is 29.6. The molecule has 3 heterocycles. The molecule has 1 saturated heterocycles. The number of H-pyrrole nitrogens is 1. The molecule has 150 valence electrons. The summed E-state index contributed by atoms with van der Waals surface area (Å²) in [6, 6.07) is 1.70. The van der Waals surface area contributed by atoms with Gasteiger partial charge in [0.2, 0.25) is 5.91 Å². The zero-order valence-electron chi connectivity index (χ0n) is 16.2. The number of ether oxygens (including phenoxy) is 1. The molecule has 1 N–H and O–H groups in total. The summed E-state index contributed by atoms with van der Waals surface area (Å²) in [6.07, 6.45) is 8.14. The predicted molar refractivity (Wildman–Crippen MR) is 105 cm³/mol. The average Bonchev–Trinajstić information content (AvgIpc) is 3.60. The van der Waals surface area contributed by atoms with Crippen LogP contribution in [0, 0.1) is 17.8 Å². The molecule has 0 radical (unpaired) electrons. The Hall–Kier alpha value is -3.08. The fourth-order valence-electron chi connectivity index (χ4n) is 3.36. The lowest BCUT2D eigenvalue weighted by Gasteiger charge is -2.14. The Morgan fingerprint density at radius 2 is 2.03 bits per heavy atom. The van der Waals surface area contributed by atoms with Gasteiger partial charge in [0.15, 0.2) is 0 Å². The van der Waals surface area contributed by atoms with Crippen molar-refractivity contribution in [3.05, 3.63) is 28.2 Å². The molecular formula is C21H23N5O3. The highest BCUT2D eigenvalue weighted by Gasteiger charge is 2.27. The van der Waals surface area contributed by atoms with E-state index in [1.807, 2.05) is 4.90 Å². The van der Waals surface area contributed by atoms with E-state index >= 15 is 0 Å². The number of nitrogens with one attached hydrogen (secondary N) is 1. The van der Waals surface area contributed by atoms with Crippen molar-refractivity contribution in [3.63, 3.8) is 0 Å². The molecule has 0 spiro atoms. The first-order valence-electron chi connectivity index (χ1n) is 10.3. The summed E-state index contributed by atoms with van der Waals surface area (Å²) in [5.74, 6) is 7.11. The Bertz CT molecular complexity index is 1050. The van der Waals surface area contributed by atoms with Gasteiger partial charge in [-0.15, -0.1) is 5.10 Å². The van der Waals surface area contributed by atoms with Crippen molar-refractivity contribution in [1.29, 1.82) is 0 Å². The third-order valence-corrected chi connectivity index (χ3v) is 5.36. The van der Waals surface area contributed by atoms with E-state index in [0.29, 0.717) is 28.6 Å². The molecule has 8 heteroatoms. The van der Waals surface area contributed by atoms with Crippen molar-refractivity contribution in [2.75, 3.05) is 13.1 Å². The van der Waals surface area contributed by atoms with Gasteiger partial charge < -0.3 is 14.6 Å². The Labute approximate surface area is 168 Å². The lowest BCUT2D eigenvalue weighted by molar-refractivity contribution is -0.130. The summed E-state index contributed by atoms with van der Waals surface area (Å²) in [5.41, 5.74) is 1.11. The smallest absolute Gasteiger partial charge is 0.264 e. The van der Waals surface area contributed by atoms with Crippen LogP contribution in [0.1, 0.15) is 44.1 Å². The van der Waals surface area contributed by atoms with Gasteiger partial charge in [0.25, 0.3) is 5.56 Å². The van der Waals surface area contributed by atoms with Crippen molar-refractivity contribution >= 4 is 5.91 Å². The maximum Gasteiger partial charge on any atom is 0.264 e. The SMILES string of the molecule is O=C(Cn1cc(-c2[nH]c(=O)c(C#CC3CC3)cc2OC2CC2)nn1)N1CCCC1. The summed E-state index contributed by atoms with van der Waals surface area (Å²) in [5, 5.41) is 8.24. The molecular weight excluding hydrogens is 370 g/mol. The predicted octanol–water partition coefficient (Wildman–Crippen LogP) is 1.56. The Balaban J connectivity index is 1.41. The second kappa shape index (κ2) is 7.39. The van der Waals surface area contributed by atoms with Crippen molar-refractivity contribution in [2.24, 2.45) is 5.92 Å². The largest absolute Gasteiger partial charge is 0.488 e. The van der Waals surface area contributed by atoms with Crippen molar-refractivity contribution in [3.8, 4) is 29.0 Å². The quantitative estimate of drug-likeness (QED) is 0.778. The minimum Gasteiger partial charge on any atom is -0.488 e. The van der Waals surface area contributed by atoms with Gasteiger partial charge in [-0.1, -0.05) is 17.1 Å². The molecule has 5 rings (SSSR count). The molecule has 0 atom stereocenters. The number of carbonyl (C=O) groups excluding carboxylic acids is 1. The number of aromatic amines is 1. The van der Waals surface area contributed by atoms with Gasteiger partial charge >= 0.3 is 0 Å². The van der Waals surface area contributed by atoms with E-state index in [9.17, 15) is 9.59 Å². The minimum absolute atomic E-state index is 0.0348. The summed E-state index contributed by atoms with van der Waals surface area (Å²) in [6.45, 7) is 1.74. The molecule has 2 aliphatic carbocycles. The van der Waals surface area contributed by atoms with Gasteiger partial charge in [-0.2, -0.15) is 0 Å². The topological polar surface area (TPSA) is 93.1 Å². The first-order valence-corrected chi connectivity index (χ1v) is 10.3. The van der Waals surface area contributed by atoms with E-state index in [2.05, 4.69) is 27.1 Å². The van der Waals surface area contributed by atoms with Crippen LogP contribution in [0.2, 0.25) is 0 Å². The maximum atomic E-state index is 12.5. The second-order valence-electron chi connectivity index (χ2n) is 8.00. The standard InChI is InChI=1S/C21H23N5O3/c27-19(25-9-1-2-10-25)13-26-12-17(23-24-26)20-18(29-16-7-8-16)11-15(21(28)22-20)6-5-14-3-4-14/h11-12,14,16H,1-4,7-10,13H2,(H,22,28). The Morgan fingerprint density at radius 3 is 2.76 bits per heavy atom. The van der Waals surface area contributed by atoms with Gasteiger partial charge in [-0.05, 0) is 38.5 Å². The van der Waals surface area contributed by atoms with Crippen LogP contribution in [0.5, 0.6) is 5.75 Å². The monoisotopic (exact) mass is 393 g/mol. The van der Waals surface area contributed by atoms with Crippen molar-refractivity contribution in [2.45, 2.75) is 51.2 Å². The van der Waals surface area contributed by atoms with Crippen molar-refractivity contribution < 1.29 is 9.53 Å². The van der Waals surface area contributed by atoms with Gasteiger partial charge in [-0.3, -0.25) is 9.59 Å².